The SMILES string of the molecule is CCOc1cc(CO)ccc1OCCOCCO. The van der Waals surface area contributed by atoms with E-state index in [1.165, 1.54) is 0 Å². The van der Waals surface area contributed by atoms with Crippen LogP contribution in [0.1, 0.15) is 12.5 Å². The Bertz CT molecular complexity index is 340. The molecule has 18 heavy (non-hydrogen) atoms. The predicted molar refractivity (Wildman–Crippen MR) is 66.9 cm³/mol. The highest BCUT2D eigenvalue weighted by atomic mass is 16.5. The minimum Gasteiger partial charge on any atom is -0.490 e. The number of aliphatic hydroxyl groups excluding tert-OH is 2. The average Bonchev–Trinajstić information content (AvgIpc) is 2.40. The van der Waals surface area contributed by atoms with Gasteiger partial charge in [-0.1, -0.05) is 6.07 Å². The van der Waals surface area contributed by atoms with Crippen LogP contribution in [0.25, 0.3) is 0 Å². The lowest BCUT2D eigenvalue weighted by Crippen LogP contribution is -2.10. The summed E-state index contributed by atoms with van der Waals surface area (Å²) in [6, 6.07) is 5.31. The highest BCUT2D eigenvalue weighted by Gasteiger charge is 2.06. The Kier molecular flexibility index (Phi) is 7.17. The molecule has 0 atom stereocenters. The van der Waals surface area contributed by atoms with Crippen molar-refractivity contribution >= 4 is 0 Å². The topological polar surface area (TPSA) is 68.2 Å². The second-order valence-electron chi connectivity index (χ2n) is 3.56. The molecule has 2 N–H and O–H groups in total. The van der Waals surface area contributed by atoms with Crippen LogP contribution < -0.4 is 9.47 Å². The maximum Gasteiger partial charge on any atom is 0.161 e. The molecule has 0 unspecified atom stereocenters. The molecule has 1 aromatic rings. The third-order valence-electron chi connectivity index (χ3n) is 2.21. The summed E-state index contributed by atoms with van der Waals surface area (Å²) < 4.78 is 16.1. The Morgan fingerprint density at radius 2 is 1.83 bits per heavy atom. The van der Waals surface area contributed by atoms with E-state index in [4.69, 9.17) is 24.4 Å². The standard InChI is InChI=1S/C13H20O5/c1-2-17-13-9-11(10-15)3-4-12(13)18-8-7-16-6-5-14/h3-4,9,14-15H,2,5-8,10H2,1H3. The van der Waals surface area contributed by atoms with Crippen LogP contribution in [0, 0.1) is 0 Å². The summed E-state index contributed by atoms with van der Waals surface area (Å²) in [4.78, 5) is 0. The first-order chi connectivity index (χ1) is 8.81. The quantitative estimate of drug-likeness (QED) is 0.644. The van der Waals surface area contributed by atoms with E-state index in [2.05, 4.69) is 0 Å². The van der Waals surface area contributed by atoms with Crippen LogP contribution in [0.2, 0.25) is 0 Å². The highest BCUT2D eigenvalue weighted by molar-refractivity contribution is 5.42. The number of hydrogen-bond acceptors (Lipinski definition) is 5. The molecule has 0 amide bonds. The summed E-state index contributed by atoms with van der Waals surface area (Å²) in [5, 5.41) is 17.6. The zero-order chi connectivity index (χ0) is 13.2. The first-order valence-electron chi connectivity index (χ1n) is 5.99. The van der Waals surface area contributed by atoms with Crippen molar-refractivity contribution in [1.29, 1.82) is 0 Å². The normalized spacial score (nSPS) is 10.4. The number of benzene rings is 1. The molecule has 5 heteroatoms. The van der Waals surface area contributed by atoms with Crippen LogP contribution in [0.15, 0.2) is 18.2 Å². The van der Waals surface area contributed by atoms with Gasteiger partial charge in [-0.15, -0.1) is 0 Å². The smallest absolute Gasteiger partial charge is 0.161 e. The van der Waals surface area contributed by atoms with Crippen LogP contribution in [0.4, 0.5) is 0 Å². The summed E-state index contributed by atoms with van der Waals surface area (Å²) in [6.45, 7) is 3.51. The van der Waals surface area contributed by atoms with E-state index in [0.717, 1.165) is 5.56 Å². The van der Waals surface area contributed by atoms with Gasteiger partial charge in [-0.2, -0.15) is 0 Å². The molecule has 0 saturated heterocycles. The Labute approximate surface area is 107 Å². The fraction of sp³-hybridized carbons (Fsp3) is 0.538. The Morgan fingerprint density at radius 3 is 2.50 bits per heavy atom. The molecule has 1 aromatic carbocycles. The molecule has 0 heterocycles. The van der Waals surface area contributed by atoms with Crippen molar-refractivity contribution in [1.82, 2.24) is 0 Å². The Hall–Kier alpha value is -1.30. The number of rotatable bonds is 9. The Balaban J connectivity index is 2.52. The molecule has 0 saturated carbocycles. The third-order valence-corrected chi connectivity index (χ3v) is 2.21. The lowest BCUT2D eigenvalue weighted by molar-refractivity contribution is 0.0697. The zero-order valence-electron chi connectivity index (χ0n) is 10.6. The van der Waals surface area contributed by atoms with Crippen molar-refractivity contribution in [2.75, 3.05) is 33.0 Å². The van der Waals surface area contributed by atoms with Gasteiger partial charge in [-0.3, -0.25) is 0 Å². The molecule has 0 fully saturated rings. The maximum atomic E-state index is 9.05. The van der Waals surface area contributed by atoms with Gasteiger partial charge in [0.2, 0.25) is 0 Å². The Morgan fingerprint density at radius 1 is 1.00 bits per heavy atom. The molecular weight excluding hydrogens is 236 g/mol. The third kappa shape index (κ3) is 4.91. The predicted octanol–water partition coefficient (Wildman–Crippen LogP) is 0.965. The van der Waals surface area contributed by atoms with E-state index >= 15 is 0 Å². The van der Waals surface area contributed by atoms with Gasteiger partial charge < -0.3 is 24.4 Å². The van der Waals surface area contributed by atoms with Crippen LogP contribution in [-0.2, 0) is 11.3 Å². The molecule has 0 aliphatic rings. The number of aliphatic hydroxyl groups is 2. The molecule has 0 aliphatic carbocycles. The monoisotopic (exact) mass is 256 g/mol. The van der Waals surface area contributed by atoms with Crippen molar-refractivity contribution < 1.29 is 24.4 Å². The van der Waals surface area contributed by atoms with Gasteiger partial charge in [0.05, 0.1) is 33.0 Å². The van der Waals surface area contributed by atoms with Crippen LogP contribution in [0.5, 0.6) is 11.5 Å². The van der Waals surface area contributed by atoms with Gasteiger partial charge in [0.1, 0.15) is 6.61 Å². The fourth-order valence-electron chi connectivity index (χ4n) is 1.42. The van der Waals surface area contributed by atoms with Gasteiger partial charge in [0.15, 0.2) is 11.5 Å². The minimum absolute atomic E-state index is 0.00932. The molecule has 0 bridgehead atoms. The lowest BCUT2D eigenvalue weighted by atomic mass is 10.2. The molecule has 0 spiro atoms. The average molecular weight is 256 g/mol. The van der Waals surface area contributed by atoms with Crippen molar-refractivity contribution in [2.45, 2.75) is 13.5 Å². The second kappa shape index (κ2) is 8.74. The summed E-state index contributed by atoms with van der Waals surface area (Å²) >= 11 is 0. The molecule has 5 nitrogen and oxygen atoms in total. The van der Waals surface area contributed by atoms with E-state index in [1.807, 2.05) is 6.92 Å². The first kappa shape index (κ1) is 14.8. The maximum absolute atomic E-state index is 9.05. The van der Waals surface area contributed by atoms with E-state index in [-0.39, 0.29) is 13.2 Å². The molecule has 102 valence electrons. The van der Waals surface area contributed by atoms with Crippen LogP contribution in [-0.4, -0.2) is 43.2 Å². The van der Waals surface area contributed by atoms with E-state index in [1.54, 1.807) is 18.2 Å². The molecular formula is C13H20O5. The van der Waals surface area contributed by atoms with Crippen molar-refractivity contribution in [3.8, 4) is 11.5 Å². The fourth-order valence-corrected chi connectivity index (χ4v) is 1.42. The van der Waals surface area contributed by atoms with Crippen molar-refractivity contribution in [2.24, 2.45) is 0 Å². The molecule has 0 radical (unpaired) electrons. The summed E-state index contributed by atoms with van der Waals surface area (Å²) in [5.74, 6) is 1.24. The van der Waals surface area contributed by atoms with Crippen molar-refractivity contribution in [3.05, 3.63) is 23.8 Å². The molecule has 0 aliphatic heterocycles. The van der Waals surface area contributed by atoms with Gasteiger partial charge in [-0.05, 0) is 24.6 Å². The van der Waals surface area contributed by atoms with Gasteiger partial charge in [0, 0.05) is 0 Å². The summed E-state index contributed by atoms with van der Waals surface area (Å²) in [7, 11) is 0. The molecule has 0 aromatic heterocycles. The number of hydrogen-bond donors (Lipinski definition) is 2. The second-order valence-corrected chi connectivity index (χ2v) is 3.56. The van der Waals surface area contributed by atoms with Crippen LogP contribution >= 0.6 is 0 Å². The van der Waals surface area contributed by atoms with Gasteiger partial charge in [0.25, 0.3) is 0 Å². The van der Waals surface area contributed by atoms with Gasteiger partial charge in [-0.25, -0.2) is 0 Å². The van der Waals surface area contributed by atoms with E-state index in [0.29, 0.717) is 37.9 Å². The zero-order valence-corrected chi connectivity index (χ0v) is 10.6. The summed E-state index contributed by atoms with van der Waals surface area (Å²) in [5.41, 5.74) is 0.780. The largest absolute Gasteiger partial charge is 0.490 e. The minimum atomic E-state index is -0.0278. The first-order valence-corrected chi connectivity index (χ1v) is 5.99. The highest BCUT2D eigenvalue weighted by Crippen LogP contribution is 2.28. The summed E-state index contributed by atoms with van der Waals surface area (Å²) in [6.07, 6.45) is 0. The number of ether oxygens (including phenoxy) is 3. The van der Waals surface area contributed by atoms with Crippen LogP contribution in [0.3, 0.4) is 0 Å². The van der Waals surface area contributed by atoms with E-state index in [9.17, 15) is 0 Å². The molecule has 1 rings (SSSR count). The van der Waals surface area contributed by atoms with Crippen molar-refractivity contribution in [3.63, 3.8) is 0 Å². The van der Waals surface area contributed by atoms with E-state index < -0.39 is 0 Å². The lowest BCUT2D eigenvalue weighted by Gasteiger charge is -2.12. The van der Waals surface area contributed by atoms with Gasteiger partial charge >= 0.3 is 0 Å².